The van der Waals surface area contributed by atoms with E-state index in [0.717, 1.165) is 18.2 Å². The lowest BCUT2D eigenvalue weighted by Crippen LogP contribution is -2.40. The molecule has 1 aromatic rings. The summed E-state index contributed by atoms with van der Waals surface area (Å²) >= 11 is 0. The van der Waals surface area contributed by atoms with Crippen molar-refractivity contribution in [3.8, 4) is 0 Å². The number of nitrogens with one attached hydrogen (secondary N) is 1. The van der Waals surface area contributed by atoms with Gasteiger partial charge in [0.05, 0.1) is 6.42 Å². The van der Waals surface area contributed by atoms with Crippen LogP contribution in [-0.4, -0.2) is 12.2 Å². The van der Waals surface area contributed by atoms with Crippen LogP contribution in [0.4, 0.5) is 22.0 Å². The first kappa shape index (κ1) is 13.9. The third-order valence-corrected chi connectivity index (χ3v) is 2.23. The van der Waals surface area contributed by atoms with Crippen LogP contribution in [0.5, 0.6) is 0 Å². The van der Waals surface area contributed by atoms with Crippen molar-refractivity contribution < 1.29 is 22.0 Å². The molecule has 0 amide bonds. The van der Waals surface area contributed by atoms with Crippen molar-refractivity contribution in [2.24, 2.45) is 5.84 Å². The highest BCUT2D eigenvalue weighted by Crippen LogP contribution is 2.24. The van der Waals surface area contributed by atoms with Gasteiger partial charge in [-0.25, -0.2) is 8.78 Å². The first-order chi connectivity index (χ1) is 7.83. The largest absolute Gasteiger partial charge is 0.390 e. The van der Waals surface area contributed by atoms with Crippen molar-refractivity contribution in [1.82, 2.24) is 5.43 Å². The molecule has 0 aliphatic carbocycles. The maximum absolute atomic E-state index is 13.2. The Kier molecular flexibility index (Phi) is 4.41. The monoisotopic (exact) mass is 254 g/mol. The average Bonchev–Trinajstić information content (AvgIpc) is 2.20. The Morgan fingerprint density at radius 2 is 1.71 bits per heavy atom. The van der Waals surface area contributed by atoms with Gasteiger partial charge in [0.1, 0.15) is 11.6 Å². The lowest BCUT2D eigenvalue weighted by atomic mass is 10.0. The minimum absolute atomic E-state index is 0.403. The molecule has 0 spiro atoms. The molecule has 0 fully saturated rings. The summed E-state index contributed by atoms with van der Waals surface area (Å²) in [5.74, 6) is 3.17. The van der Waals surface area contributed by atoms with Gasteiger partial charge in [0.2, 0.25) is 0 Å². The normalized spacial score (nSPS) is 13.8. The van der Waals surface area contributed by atoms with Crippen LogP contribution in [-0.2, 0) is 6.42 Å². The molecular weight excluding hydrogens is 243 g/mol. The maximum Gasteiger partial charge on any atom is 0.390 e. The smallest absolute Gasteiger partial charge is 0.271 e. The second-order valence-corrected chi connectivity index (χ2v) is 3.59. The number of nitrogens with two attached hydrogens (primary N) is 1. The van der Waals surface area contributed by atoms with Crippen LogP contribution in [0.15, 0.2) is 18.2 Å². The second kappa shape index (κ2) is 5.42. The molecule has 0 saturated heterocycles. The zero-order valence-corrected chi connectivity index (χ0v) is 8.69. The molecule has 0 aliphatic heterocycles. The van der Waals surface area contributed by atoms with Crippen LogP contribution in [0.25, 0.3) is 0 Å². The van der Waals surface area contributed by atoms with Gasteiger partial charge in [0.25, 0.3) is 0 Å². The van der Waals surface area contributed by atoms with Crippen LogP contribution in [0, 0.1) is 11.6 Å². The number of hydrogen-bond donors (Lipinski definition) is 2. The molecule has 0 saturated carbocycles. The van der Waals surface area contributed by atoms with E-state index < -0.39 is 42.3 Å². The van der Waals surface area contributed by atoms with Crippen LogP contribution in [0.3, 0.4) is 0 Å². The summed E-state index contributed by atoms with van der Waals surface area (Å²) in [4.78, 5) is 0. The number of rotatable bonds is 4. The molecule has 1 atom stereocenters. The van der Waals surface area contributed by atoms with E-state index in [4.69, 9.17) is 5.84 Å². The summed E-state index contributed by atoms with van der Waals surface area (Å²) < 4.78 is 62.7. The lowest BCUT2D eigenvalue weighted by Gasteiger charge is -2.18. The molecule has 1 unspecified atom stereocenters. The Labute approximate surface area is 94.6 Å². The van der Waals surface area contributed by atoms with Crippen LogP contribution in [0.1, 0.15) is 12.0 Å². The molecule has 2 nitrogen and oxygen atoms in total. The van der Waals surface area contributed by atoms with Crippen molar-refractivity contribution in [1.29, 1.82) is 0 Å². The van der Waals surface area contributed by atoms with Gasteiger partial charge in [-0.3, -0.25) is 11.3 Å². The van der Waals surface area contributed by atoms with Crippen molar-refractivity contribution in [3.63, 3.8) is 0 Å². The fraction of sp³-hybridized carbons (Fsp3) is 0.400. The minimum Gasteiger partial charge on any atom is -0.271 e. The Morgan fingerprint density at radius 3 is 2.12 bits per heavy atom. The molecule has 1 rings (SSSR count). The topological polar surface area (TPSA) is 38.0 Å². The second-order valence-electron chi connectivity index (χ2n) is 3.59. The number of halogens is 5. The Hall–Kier alpha value is -1.21. The van der Waals surface area contributed by atoms with Crippen molar-refractivity contribution in [2.45, 2.75) is 25.1 Å². The number of hydrogen-bond acceptors (Lipinski definition) is 2. The molecule has 1 aromatic carbocycles. The first-order valence-electron chi connectivity index (χ1n) is 4.79. The zero-order chi connectivity index (χ0) is 13.1. The van der Waals surface area contributed by atoms with Gasteiger partial charge < -0.3 is 0 Å². The number of benzene rings is 1. The molecule has 17 heavy (non-hydrogen) atoms. The standard InChI is InChI=1S/C10H11F5N2/c11-8-2-1-3-9(12)7(8)4-6(17-16)5-10(13,14)15/h1-3,6,17H,4-5,16H2. The van der Waals surface area contributed by atoms with E-state index in [9.17, 15) is 22.0 Å². The van der Waals surface area contributed by atoms with Gasteiger partial charge in [0, 0.05) is 11.6 Å². The van der Waals surface area contributed by atoms with E-state index in [2.05, 4.69) is 0 Å². The maximum atomic E-state index is 13.2. The predicted molar refractivity (Wildman–Crippen MR) is 51.8 cm³/mol. The van der Waals surface area contributed by atoms with Gasteiger partial charge >= 0.3 is 6.18 Å². The summed E-state index contributed by atoms with van der Waals surface area (Å²) in [5, 5.41) is 0. The molecular formula is C10H11F5N2. The summed E-state index contributed by atoms with van der Waals surface area (Å²) in [6, 6.07) is 1.85. The SMILES string of the molecule is NNC(Cc1c(F)cccc1F)CC(F)(F)F. The van der Waals surface area contributed by atoms with Crippen LogP contribution >= 0.6 is 0 Å². The highest BCUT2D eigenvalue weighted by atomic mass is 19.4. The summed E-state index contributed by atoms with van der Waals surface area (Å²) in [7, 11) is 0. The molecule has 0 bridgehead atoms. The third-order valence-electron chi connectivity index (χ3n) is 2.23. The zero-order valence-electron chi connectivity index (χ0n) is 8.69. The molecule has 96 valence electrons. The Balaban J connectivity index is 2.81. The third kappa shape index (κ3) is 4.27. The van der Waals surface area contributed by atoms with Gasteiger partial charge in [-0.05, 0) is 18.6 Å². The lowest BCUT2D eigenvalue weighted by molar-refractivity contribution is -0.140. The quantitative estimate of drug-likeness (QED) is 0.491. The van der Waals surface area contributed by atoms with E-state index in [1.54, 1.807) is 0 Å². The fourth-order valence-corrected chi connectivity index (χ4v) is 1.44. The minimum atomic E-state index is -4.45. The fourth-order valence-electron chi connectivity index (χ4n) is 1.44. The Bertz CT molecular complexity index is 357. The number of alkyl halides is 3. The Morgan fingerprint density at radius 1 is 1.18 bits per heavy atom. The molecule has 7 heteroatoms. The molecule has 3 N–H and O–H groups in total. The molecule has 0 radical (unpaired) electrons. The van der Waals surface area contributed by atoms with E-state index in [1.807, 2.05) is 5.43 Å². The first-order valence-corrected chi connectivity index (χ1v) is 4.79. The van der Waals surface area contributed by atoms with E-state index >= 15 is 0 Å². The van der Waals surface area contributed by atoms with E-state index in [1.165, 1.54) is 0 Å². The molecule has 0 aliphatic rings. The van der Waals surface area contributed by atoms with Gasteiger partial charge in [-0.15, -0.1) is 0 Å². The van der Waals surface area contributed by atoms with E-state index in [-0.39, 0.29) is 0 Å². The van der Waals surface area contributed by atoms with Crippen LogP contribution < -0.4 is 11.3 Å². The summed E-state index contributed by atoms with van der Waals surface area (Å²) in [6.07, 6.45) is -6.16. The van der Waals surface area contributed by atoms with E-state index in [0.29, 0.717) is 0 Å². The van der Waals surface area contributed by atoms with Gasteiger partial charge in [-0.1, -0.05) is 6.07 Å². The van der Waals surface area contributed by atoms with Crippen molar-refractivity contribution >= 4 is 0 Å². The summed E-state index contributed by atoms with van der Waals surface area (Å²) in [5.41, 5.74) is 1.51. The summed E-state index contributed by atoms with van der Waals surface area (Å²) in [6.45, 7) is 0. The van der Waals surface area contributed by atoms with Crippen molar-refractivity contribution in [3.05, 3.63) is 35.4 Å². The highest BCUT2D eigenvalue weighted by Gasteiger charge is 2.32. The van der Waals surface area contributed by atoms with Crippen LogP contribution in [0.2, 0.25) is 0 Å². The average molecular weight is 254 g/mol. The van der Waals surface area contributed by atoms with Gasteiger partial charge in [-0.2, -0.15) is 13.2 Å². The van der Waals surface area contributed by atoms with Gasteiger partial charge in [0.15, 0.2) is 0 Å². The molecule has 0 heterocycles. The van der Waals surface area contributed by atoms with Crippen molar-refractivity contribution in [2.75, 3.05) is 0 Å². The predicted octanol–water partition coefficient (Wildman–Crippen LogP) is 2.29. The molecule has 0 aromatic heterocycles. The number of hydrazine groups is 1. The highest BCUT2D eigenvalue weighted by molar-refractivity contribution is 5.20.